The van der Waals surface area contributed by atoms with E-state index < -0.39 is 6.04 Å². The Labute approximate surface area is 166 Å². The van der Waals surface area contributed by atoms with Gasteiger partial charge >= 0.3 is 0 Å². The standard InChI is InChI=1S/C22H28N2O4/c1-5-27-17-13-11-16(12-14-17)23-22(26)20(15(3)4)24-21(25)18-9-7-8-10-19(18)28-6-2/h7-15,20H,5-6H2,1-4H3,(H,23,26)(H,24,25). The number of hydrogen-bond acceptors (Lipinski definition) is 4. The third kappa shape index (κ3) is 5.74. The molecule has 2 N–H and O–H groups in total. The molecule has 2 aromatic rings. The highest BCUT2D eigenvalue weighted by molar-refractivity contribution is 6.02. The Bertz CT molecular complexity index is 787. The lowest BCUT2D eigenvalue weighted by Gasteiger charge is -2.22. The number of benzene rings is 2. The topological polar surface area (TPSA) is 76.7 Å². The van der Waals surface area contributed by atoms with Gasteiger partial charge in [0.25, 0.3) is 5.91 Å². The summed E-state index contributed by atoms with van der Waals surface area (Å²) >= 11 is 0. The number of amides is 2. The van der Waals surface area contributed by atoms with Crippen molar-refractivity contribution in [2.45, 2.75) is 33.7 Å². The summed E-state index contributed by atoms with van der Waals surface area (Å²) in [4.78, 5) is 25.5. The second-order valence-electron chi connectivity index (χ2n) is 6.57. The van der Waals surface area contributed by atoms with Crippen molar-refractivity contribution in [3.8, 4) is 11.5 Å². The molecule has 0 aliphatic carbocycles. The second-order valence-corrected chi connectivity index (χ2v) is 6.57. The van der Waals surface area contributed by atoms with E-state index in [-0.39, 0.29) is 17.7 Å². The first-order valence-corrected chi connectivity index (χ1v) is 9.52. The van der Waals surface area contributed by atoms with Gasteiger partial charge in [-0.05, 0) is 56.2 Å². The maximum absolute atomic E-state index is 12.8. The van der Waals surface area contributed by atoms with E-state index in [2.05, 4.69) is 10.6 Å². The van der Waals surface area contributed by atoms with Gasteiger partial charge in [-0.1, -0.05) is 26.0 Å². The molecule has 1 unspecified atom stereocenters. The van der Waals surface area contributed by atoms with Crippen molar-refractivity contribution in [2.75, 3.05) is 18.5 Å². The number of nitrogens with one attached hydrogen (secondary N) is 2. The lowest BCUT2D eigenvalue weighted by atomic mass is 10.0. The molecule has 6 nitrogen and oxygen atoms in total. The minimum Gasteiger partial charge on any atom is -0.494 e. The van der Waals surface area contributed by atoms with E-state index in [0.717, 1.165) is 5.75 Å². The predicted octanol–water partition coefficient (Wildman–Crippen LogP) is 3.88. The van der Waals surface area contributed by atoms with Crippen molar-refractivity contribution in [2.24, 2.45) is 5.92 Å². The SMILES string of the molecule is CCOc1ccc(NC(=O)C(NC(=O)c2ccccc2OCC)C(C)C)cc1. The minimum atomic E-state index is -0.686. The number of carbonyl (C=O) groups is 2. The van der Waals surface area contributed by atoms with E-state index in [0.29, 0.717) is 30.2 Å². The predicted molar refractivity (Wildman–Crippen MR) is 110 cm³/mol. The number of para-hydroxylation sites is 1. The molecule has 6 heteroatoms. The van der Waals surface area contributed by atoms with Crippen molar-refractivity contribution >= 4 is 17.5 Å². The van der Waals surface area contributed by atoms with Gasteiger partial charge in [-0.3, -0.25) is 9.59 Å². The molecule has 2 rings (SSSR count). The summed E-state index contributed by atoms with van der Waals surface area (Å²) in [5, 5.41) is 5.68. The molecule has 0 fully saturated rings. The summed E-state index contributed by atoms with van der Waals surface area (Å²) in [6, 6.07) is 13.4. The largest absolute Gasteiger partial charge is 0.494 e. The van der Waals surface area contributed by atoms with Gasteiger partial charge in [0.15, 0.2) is 0 Å². The molecule has 0 aliphatic heterocycles. The normalized spacial score (nSPS) is 11.6. The average Bonchev–Trinajstić information content (AvgIpc) is 2.68. The van der Waals surface area contributed by atoms with Gasteiger partial charge in [0, 0.05) is 5.69 Å². The Hall–Kier alpha value is -3.02. The summed E-state index contributed by atoms with van der Waals surface area (Å²) in [7, 11) is 0. The molecule has 0 saturated carbocycles. The van der Waals surface area contributed by atoms with Gasteiger partial charge in [-0.25, -0.2) is 0 Å². The van der Waals surface area contributed by atoms with Crippen LogP contribution in [-0.2, 0) is 4.79 Å². The lowest BCUT2D eigenvalue weighted by molar-refractivity contribution is -0.118. The van der Waals surface area contributed by atoms with E-state index in [1.165, 1.54) is 0 Å². The van der Waals surface area contributed by atoms with Crippen molar-refractivity contribution in [3.05, 3.63) is 54.1 Å². The molecule has 0 spiro atoms. The maximum atomic E-state index is 12.8. The van der Waals surface area contributed by atoms with Crippen molar-refractivity contribution in [1.29, 1.82) is 0 Å². The van der Waals surface area contributed by atoms with Crippen LogP contribution in [0.1, 0.15) is 38.1 Å². The zero-order valence-electron chi connectivity index (χ0n) is 16.8. The number of carbonyl (C=O) groups excluding carboxylic acids is 2. The van der Waals surface area contributed by atoms with E-state index in [1.807, 2.05) is 27.7 Å². The zero-order valence-corrected chi connectivity index (χ0v) is 16.8. The minimum absolute atomic E-state index is 0.0918. The van der Waals surface area contributed by atoms with Gasteiger partial charge in [-0.2, -0.15) is 0 Å². The summed E-state index contributed by atoms with van der Waals surface area (Å²) in [6.07, 6.45) is 0. The molecule has 0 radical (unpaired) electrons. The fourth-order valence-corrected chi connectivity index (χ4v) is 2.71. The highest BCUT2D eigenvalue weighted by atomic mass is 16.5. The second kappa shape index (κ2) is 10.3. The zero-order chi connectivity index (χ0) is 20.5. The molecule has 0 heterocycles. The first-order chi connectivity index (χ1) is 13.5. The summed E-state index contributed by atoms with van der Waals surface area (Å²) in [5.41, 5.74) is 1.05. The Balaban J connectivity index is 2.10. The number of ether oxygens (including phenoxy) is 2. The van der Waals surface area contributed by atoms with Crippen LogP contribution in [0.3, 0.4) is 0 Å². The Morgan fingerprint density at radius 1 is 0.929 bits per heavy atom. The monoisotopic (exact) mass is 384 g/mol. The van der Waals surface area contributed by atoms with E-state index in [1.54, 1.807) is 48.5 Å². The van der Waals surface area contributed by atoms with Crippen LogP contribution in [0.25, 0.3) is 0 Å². The van der Waals surface area contributed by atoms with E-state index in [9.17, 15) is 9.59 Å². The quantitative estimate of drug-likeness (QED) is 0.688. The van der Waals surface area contributed by atoms with Crippen LogP contribution in [-0.4, -0.2) is 31.1 Å². The summed E-state index contributed by atoms with van der Waals surface area (Å²) < 4.78 is 10.9. The van der Waals surface area contributed by atoms with Crippen molar-refractivity contribution in [1.82, 2.24) is 5.32 Å². The van der Waals surface area contributed by atoms with Gasteiger partial charge in [0.1, 0.15) is 17.5 Å². The van der Waals surface area contributed by atoms with E-state index in [4.69, 9.17) is 9.47 Å². The number of anilines is 1. The van der Waals surface area contributed by atoms with Crippen LogP contribution in [0.15, 0.2) is 48.5 Å². The summed E-state index contributed by atoms with van der Waals surface area (Å²) in [5.74, 6) is 0.524. The van der Waals surface area contributed by atoms with Gasteiger partial charge in [0.2, 0.25) is 5.91 Å². The third-order valence-electron chi connectivity index (χ3n) is 4.10. The molecular weight excluding hydrogens is 356 g/mol. The third-order valence-corrected chi connectivity index (χ3v) is 4.10. The van der Waals surface area contributed by atoms with Gasteiger partial charge in [-0.15, -0.1) is 0 Å². The maximum Gasteiger partial charge on any atom is 0.255 e. The first-order valence-electron chi connectivity index (χ1n) is 9.52. The highest BCUT2D eigenvalue weighted by Gasteiger charge is 2.26. The van der Waals surface area contributed by atoms with Crippen LogP contribution >= 0.6 is 0 Å². The smallest absolute Gasteiger partial charge is 0.255 e. The van der Waals surface area contributed by atoms with Gasteiger partial charge in [0.05, 0.1) is 18.8 Å². The van der Waals surface area contributed by atoms with E-state index >= 15 is 0 Å². The number of hydrogen-bond donors (Lipinski definition) is 2. The highest BCUT2D eigenvalue weighted by Crippen LogP contribution is 2.19. The molecule has 0 saturated heterocycles. The molecule has 2 aromatic carbocycles. The first kappa shape index (κ1) is 21.3. The molecule has 0 aromatic heterocycles. The molecule has 28 heavy (non-hydrogen) atoms. The Morgan fingerprint density at radius 2 is 1.57 bits per heavy atom. The Kier molecular flexibility index (Phi) is 7.87. The molecule has 2 amide bonds. The molecule has 0 bridgehead atoms. The molecular formula is C22H28N2O4. The molecule has 150 valence electrons. The van der Waals surface area contributed by atoms with Crippen LogP contribution in [0.5, 0.6) is 11.5 Å². The van der Waals surface area contributed by atoms with Crippen molar-refractivity contribution in [3.63, 3.8) is 0 Å². The van der Waals surface area contributed by atoms with Crippen LogP contribution in [0, 0.1) is 5.92 Å². The lowest BCUT2D eigenvalue weighted by Crippen LogP contribution is -2.47. The Morgan fingerprint density at radius 3 is 2.18 bits per heavy atom. The van der Waals surface area contributed by atoms with Crippen LogP contribution in [0.2, 0.25) is 0 Å². The van der Waals surface area contributed by atoms with Crippen LogP contribution < -0.4 is 20.1 Å². The summed E-state index contributed by atoms with van der Waals surface area (Å²) in [6.45, 7) is 8.58. The van der Waals surface area contributed by atoms with Gasteiger partial charge < -0.3 is 20.1 Å². The fourth-order valence-electron chi connectivity index (χ4n) is 2.71. The van der Waals surface area contributed by atoms with Crippen LogP contribution in [0.4, 0.5) is 5.69 Å². The fraction of sp³-hybridized carbons (Fsp3) is 0.364. The average molecular weight is 384 g/mol. The molecule has 1 atom stereocenters. The molecule has 0 aliphatic rings. The van der Waals surface area contributed by atoms with Crippen molar-refractivity contribution < 1.29 is 19.1 Å². The number of rotatable bonds is 9.